The highest BCUT2D eigenvalue weighted by atomic mass is 15.0. The van der Waals surface area contributed by atoms with E-state index in [-0.39, 0.29) is 0 Å². The summed E-state index contributed by atoms with van der Waals surface area (Å²) in [6.45, 7) is 0. The molecule has 0 aliphatic heterocycles. The van der Waals surface area contributed by atoms with Gasteiger partial charge in [0, 0.05) is 50.2 Å². The van der Waals surface area contributed by atoms with E-state index in [1.165, 1.54) is 0 Å². The number of fused-ring (bicyclic) bond motifs is 4. The largest absolute Gasteiger partial charge is 0.256 e. The van der Waals surface area contributed by atoms with Crippen molar-refractivity contribution in [2.75, 3.05) is 0 Å². The number of hydrogen-bond donors (Lipinski definition) is 0. The maximum atomic E-state index is 5.18. The molecule has 0 N–H and O–H groups in total. The third-order valence-electron chi connectivity index (χ3n) is 8.55. The van der Waals surface area contributed by atoms with Crippen LogP contribution < -0.4 is 0 Å². The van der Waals surface area contributed by atoms with E-state index in [2.05, 4.69) is 59.6 Å². The number of nitrogens with zero attached hydrogens (tertiary/aromatic N) is 6. The van der Waals surface area contributed by atoms with Gasteiger partial charge in [-0.25, -0.2) is 24.9 Å². The highest BCUT2D eigenvalue weighted by Gasteiger charge is 2.17. The minimum atomic E-state index is 0.588. The number of rotatable bonds is 5. The van der Waals surface area contributed by atoms with Crippen molar-refractivity contribution in [1.29, 1.82) is 0 Å². The molecule has 0 fully saturated rings. The number of hydrogen-bond acceptors (Lipinski definition) is 6. The van der Waals surface area contributed by atoms with Crippen LogP contribution in [0, 0.1) is 0 Å². The average molecular weight is 615 g/mol. The molecule has 0 saturated carbocycles. The molecule has 0 saturated heterocycles. The van der Waals surface area contributed by atoms with Crippen LogP contribution in [0.5, 0.6) is 0 Å². The first-order chi connectivity index (χ1) is 23.8. The van der Waals surface area contributed by atoms with Gasteiger partial charge >= 0.3 is 0 Å². The predicted octanol–water partition coefficient (Wildman–Crippen LogP) is 9.85. The molecule has 0 aliphatic rings. The lowest BCUT2D eigenvalue weighted by Crippen LogP contribution is -2.00. The van der Waals surface area contributed by atoms with Crippen molar-refractivity contribution < 1.29 is 0 Å². The van der Waals surface area contributed by atoms with Crippen LogP contribution in [0.4, 0.5) is 0 Å². The molecule has 9 aromatic rings. The first-order valence-corrected chi connectivity index (χ1v) is 15.8. The molecule has 6 aromatic carbocycles. The van der Waals surface area contributed by atoms with Crippen molar-refractivity contribution >= 4 is 32.6 Å². The minimum Gasteiger partial charge on any atom is -0.256 e. The van der Waals surface area contributed by atoms with Gasteiger partial charge in [-0.3, -0.25) is 4.98 Å². The number of pyridine rings is 1. The minimum absolute atomic E-state index is 0.588. The van der Waals surface area contributed by atoms with Crippen molar-refractivity contribution in [2.24, 2.45) is 0 Å². The first kappa shape index (κ1) is 27.6. The summed E-state index contributed by atoms with van der Waals surface area (Å²) < 4.78 is 0. The van der Waals surface area contributed by atoms with Gasteiger partial charge in [-0.05, 0) is 41.8 Å². The van der Waals surface area contributed by atoms with Crippen LogP contribution in [0.1, 0.15) is 0 Å². The van der Waals surface area contributed by atoms with Gasteiger partial charge < -0.3 is 0 Å². The molecule has 224 valence electrons. The highest BCUT2D eigenvalue weighted by Crippen LogP contribution is 2.35. The van der Waals surface area contributed by atoms with E-state index in [0.717, 1.165) is 66.1 Å². The SMILES string of the molecule is c1ccc(-c2nc(-c3ccc4ncccc4c3)nc(-c3ccc4ccc5c(-c6ccccc6)nc(-c6ccccc6)nc5c4c3)n2)cc1. The maximum Gasteiger partial charge on any atom is 0.164 e. The average Bonchev–Trinajstić information content (AvgIpc) is 3.18. The molecular weight excluding hydrogens is 589 g/mol. The molecule has 9 rings (SSSR count). The van der Waals surface area contributed by atoms with Crippen LogP contribution in [0.3, 0.4) is 0 Å². The van der Waals surface area contributed by atoms with Gasteiger partial charge in [0.1, 0.15) is 0 Å². The van der Waals surface area contributed by atoms with E-state index < -0.39 is 0 Å². The molecule has 6 nitrogen and oxygen atoms in total. The Kier molecular flexibility index (Phi) is 6.68. The molecule has 0 amide bonds. The van der Waals surface area contributed by atoms with Crippen molar-refractivity contribution in [3.8, 4) is 56.8 Å². The molecule has 0 unspecified atom stereocenters. The lowest BCUT2D eigenvalue weighted by atomic mass is 9.99. The van der Waals surface area contributed by atoms with Crippen LogP contribution in [-0.4, -0.2) is 29.9 Å². The van der Waals surface area contributed by atoms with E-state index in [1.807, 2.05) is 97.1 Å². The van der Waals surface area contributed by atoms with E-state index >= 15 is 0 Å². The summed E-state index contributed by atoms with van der Waals surface area (Å²) in [6, 6.07) is 51.1. The van der Waals surface area contributed by atoms with Crippen molar-refractivity contribution in [3.05, 3.63) is 158 Å². The molecule has 0 atom stereocenters. The highest BCUT2D eigenvalue weighted by molar-refractivity contribution is 6.10. The first-order valence-electron chi connectivity index (χ1n) is 15.8. The van der Waals surface area contributed by atoms with E-state index in [9.17, 15) is 0 Å². The molecular formula is C42H26N6. The second-order valence-corrected chi connectivity index (χ2v) is 11.6. The molecule has 0 bridgehead atoms. The molecule has 0 spiro atoms. The van der Waals surface area contributed by atoms with E-state index in [4.69, 9.17) is 24.9 Å². The van der Waals surface area contributed by atoms with Gasteiger partial charge in [0.25, 0.3) is 0 Å². The quantitative estimate of drug-likeness (QED) is 0.180. The summed E-state index contributed by atoms with van der Waals surface area (Å²) in [6.07, 6.45) is 1.80. The van der Waals surface area contributed by atoms with Crippen molar-refractivity contribution in [3.63, 3.8) is 0 Å². The topological polar surface area (TPSA) is 77.3 Å². The Balaban J connectivity index is 1.28. The zero-order valence-corrected chi connectivity index (χ0v) is 25.7. The molecule has 48 heavy (non-hydrogen) atoms. The Labute approximate surface area is 276 Å². The molecule has 0 radical (unpaired) electrons. The smallest absolute Gasteiger partial charge is 0.164 e. The zero-order chi connectivity index (χ0) is 31.9. The fourth-order valence-electron chi connectivity index (χ4n) is 6.15. The standard InChI is InChI=1S/C42H26N6/c1-4-11-28(12-5-1)37-34-22-20-27-18-19-33(26-35(27)38(34)45-39(44-37)29-13-6-2-7-14-29)42-47-40(30-15-8-3-9-16-30)46-41(48-42)32-21-23-36-31(25-32)17-10-24-43-36/h1-26H. The van der Waals surface area contributed by atoms with Crippen LogP contribution in [0.25, 0.3) is 89.4 Å². The number of benzene rings is 6. The van der Waals surface area contributed by atoms with Crippen LogP contribution >= 0.6 is 0 Å². The maximum absolute atomic E-state index is 5.18. The summed E-state index contributed by atoms with van der Waals surface area (Å²) in [4.78, 5) is 29.8. The molecule has 6 heteroatoms. The van der Waals surface area contributed by atoms with Gasteiger partial charge in [0.05, 0.1) is 16.7 Å². The lowest BCUT2D eigenvalue weighted by molar-refractivity contribution is 1.07. The van der Waals surface area contributed by atoms with Gasteiger partial charge in [0.2, 0.25) is 0 Å². The van der Waals surface area contributed by atoms with E-state index in [0.29, 0.717) is 23.3 Å². The summed E-state index contributed by atoms with van der Waals surface area (Å²) >= 11 is 0. The Hall–Kier alpha value is -6.66. The summed E-state index contributed by atoms with van der Waals surface area (Å²) in [5.74, 6) is 2.48. The number of aromatic nitrogens is 6. The van der Waals surface area contributed by atoms with Crippen LogP contribution in [0.2, 0.25) is 0 Å². The summed E-state index contributed by atoms with van der Waals surface area (Å²) in [7, 11) is 0. The third-order valence-corrected chi connectivity index (χ3v) is 8.55. The summed E-state index contributed by atoms with van der Waals surface area (Å²) in [5.41, 5.74) is 7.39. The third kappa shape index (κ3) is 5.02. The Morgan fingerprint density at radius 1 is 0.333 bits per heavy atom. The van der Waals surface area contributed by atoms with Crippen LogP contribution in [0.15, 0.2) is 158 Å². The second kappa shape index (κ2) is 11.6. The summed E-state index contributed by atoms with van der Waals surface area (Å²) in [5, 5.41) is 4.08. The van der Waals surface area contributed by atoms with Crippen LogP contribution in [-0.2, 0) is 0 Å². The predicted molar refractivity (Wildman–Crippen MR) is 193 cm³/mol. The van der Waals surface area contributed by atoms with Crippen molar-refractivity contribution in [2.45, 2.75) is 0 Å². The van der Waals surface area contributed by atoms with E-state index in [1.54, 1.807) is 6.20 Å². The molecule has 0 aliphatic carbocycles. The second-order valence-electron chi connectivity index (χ2n) is 11.6. The fourth-order valence-corrected chi connectivity index (χ4v) is 6.15. The molecule has 3 aromatic heterocycles. The van der Waals surface area contributed by atoms with Gasteiger partial charge in [-0.15, -0.1) is 0 Å². The van der Waals surface area contributed by atoms with Gasteiger partial charge in [-0.2, -0.15) is 0 Å². The zero-order valence-electron chi connectivity index (χ0n) is 25.7. The lowest BCUT2D eigenvalue weighted by Gasteiger charge is -2.13. The Morgan fingerprint density at radius 3 is 1.58 bits per heavy atom. The monoisotopic (exact) mass is 614 g/mol. The van der Waals surface area contributed by atoms with Gasteiger partial charge in [0.15, 0.2) is 23.3 Å². The Morgan fingerprint density at radius 2 is 0.896 bits per heavy atom. The fraction of sp³-hybridized carbons (Fsp3) is 0. The normalized spacial score (nSPS) is 11.3. The van der Waals surface area contributed by atoms with Crippen molar-refractivity contribution in [1.82, 2.24) is 29.9 Å². The Bertz CT molecular complexity index is 2610. The molecule has 3 heterocycles. The van der Waals surface area contributed by atoms with Gasteiger partial charge in [-0.1, -0.05) is 115 Å².